The first-order valence-electron chi connectivity index (χ1n) is 6.51. The second kappa shape index (κ2) is 5.17. The van der Waals surface area contributed by atoms with Crippen LogP contribution in [-0.4, -0.2) is 12.4 Å². The molecule has 0 atom stereocenters. The van der Waals surface area contributed by atoms with E-state index in [0.29, 0.717) is 34.2 Å². The molecule has 1 aliphatic heterocycles. The normalized spacial score (nSPS) is 13.4. The van der Waals surface area contributed by atoms with Gasteiger partial charge in [-0.3, -0.25) is 4.79 Å². The first-order chi connectivity index (χ1) is 9.66. The predicted octanol–water partition coefficient (Wildman–Crippen LogP) is 3.48. The summed E-state index contributed by atoms with van der Waals surface area (Å²) in [6, 6.07) is 10.6. The molecule has 0 radical (unpaired) electrons. The lowest BCUT2D eigenvalue weighted by atomic mass is 9.97. The number of anilines is 1. The van der Waals surface area contributed by atoms with E-state index in [4.69, 9.17) is 22.1 Å². The molecule has 0 saturated carbocycles. The summed E-state index contributed by atoms with van der Waals surface area (Å²) in [6.45, 7) is 0.653. The summed E-state index contributed by atoms with van der Waals surface area (Å²) in [5, 5.41) is 0.390. The van der Waals surface area contributed by atoms with E-state index in [0.717, 1.165) is 18.4 Å². The zero-order valence-corrected chi connectivity index (χ0v) is 11.6. The first kappa shape index (κ1) is 13.0. The molecule has 2 aromatic carbocycles. The summed E-state index contributed by atoms with van der Waals surface area (Å²) in [7, 11) is 0. The van der Waals surface area contributed by atoms with Crippen LogP contribution in [0.15, 0.2) is 36.4 Å². The van der Waals surface area contributed by atoms with Crippen molar-refractivity contribution in [3.63, 3.8) is 0 Å². The lowest BCUT2D eigenvalue weighted by Gasteiger charge is -2.19. The first-order valence-corrected chi connectivity index (χ1v) is 6.89. The maximum atomic E-state index is 12.6. The average molecular weight is 288 g/mol. The molecule has 102 valence electrons. The van der Waals surface area contributed by atoms with Crippen LogP contribution >= 0.6 is 11.6 Å². The highest BCUT2D eigenvalue weighted by Gasteiger charge is 2.20. The number of rotatable bonds is 2. The van der Waals surface area contributed by atoms with E-state index in [9.17, 15) is 4.79 Å². The van der Waals surface area contributed by atoms with Gasteiger partial charge >= 0.3 is 0 Å². The molecule has 0 amide bonds. The number of hydrogen-bond donors (Lipinski definition) is 1. The second-order valence-electron chi connectivity index (χ2n) is 4.81. The predicted molar refractivity (Wildman–Crippen MR) is 79.6 cm³/mol. The van der Waals surface area contributed by atoms with Crippen molar-refractivity contribution in [1.29, 1.82) is 0 Å². The van der Waals surface area contributed by atoms with Gasteiger partial charge in [-0.05, 0) is 42.7 Å². The lowest BCUT2D eigenvalue weighted by Crippen LogP contribution is -2.13. The molecule has 0 saturated heterocycles. The molecule has 2 N–H and O–H groups in total. The van der Waals surface area contributed by atoms with Crippen LogP contribution in [-0.2, 0) is 6.42 Å². The van der Waals surface area contributed by atoms with Gasteiger partial charge in [-0.15, -0.1) is 0 Å². The van der Waals surface area contributed by atoms with E-state index in [1.54, 1.807) is 24.3 Å². The molecule has 0 bridgehead atoms. The number of benzene rings is 2. The largest absolute Gasteiger partial charge is 0.493 e. The Morgan fingerprint density at radius 1 is 1.25 bits per heavy atom. The van der Waals surface area contributed by atoms with E-state index >= 15 is 0 Å². The molecule has 0 unspecified atom stereocenters. The molecule has 1 heterocycles. The minimum atomic E-state index is -0.0920. The van der Waals surface area contributed by atoms with Crippen LogP contribution in [0.25, 0.3) is 0 Å². The third kappa shape index (κ3) is 2.25. The van der Waals surface area contributed by atoms with Crippen molar-refractivity contribution in [1.82, 2.24) is 0 Å². The van der Waals surface area contributed by atoms with E-state index in [1.807, 2.05) is 12.1 Å². The van der Waals surface area contributed by atoms with Gasteiger partial charge in [0.25, 0.3) is 0 Å². The number of para-hydroxylation sites is 1. The van der Waals surface area contributed by atoms with Crippen molar-refractivity contribution in [3.05, 3.63) is 58.1 Å². The maximum Gasteiger partial charge on any atom is 0.196 e. The molecular weight excluding hydrogens is 274 g/mol. The van der Waals surface area contributed by atoms with Crippen LogP contribution in [0.3, 0.4) is 0 Å². The minimum Gasteiger partial charge on any atom is -0.493 e. The summed E-state index contributed by atoms with van der Waals surface area (Å²) in [4.78, 5) is 12.6. The monoisotopic (exact) mass is 287 g/mol. The summed E-state index contributed by atoms with van der Waals surface area (Å²) in [5.41, 5.74) is 8.33. The van der Waals surface area contributed by atoms with Gasteiger partial charge in [-0.1, -0.05) is 23.7 Å². The smallest absolute Gasteiger partial charge is 0.196 e. The molecule has 3 rings (SSSR count). The van der Waals surface area contributed by atoms with Gasteiger partial charge in [0.15, 0.2) is 5.78 Å². The molecule has 0 fully saturated rings. The fourth-order valence-electron chi connectivity index (χ4n) is 2.39. The molecule has 0 aliphatic carbocycles. The Hall–Kier alpha value is -2.00. The van der Waals surface area contributed by atoms with Gasteiger partial charge in [0, 0.05) is 5.56 Å². The Morgan fingerprint density at radius 2 is 2.10 bits per heavy atom. The van der Waals surface area contributed by atoms with Crippen molar-refractivity contribution in [3.8, 4) is 5.75 Å². The van der Waals surface area contributed by atoms with Crippen LogP contribution in [0.4, 0.5) is 5.69 Å². The number of aryl methyl sites for hydroxylation is 1. The van der Waals surface area contributed by atoms with Crippen LogP contribution < -0.4 is 10.5 Å². The third-order valence-electron chi connectivity index (χ3n) is 3.44. The molecule has 20 heavy (non-hydrogen) atoms. The molecule has 4 heteroatoms. The van der Waals surface area contributed by atoms with Crippen molar-refractivity contribution in [2.75, 3.05) is 12.3 Å². The standard InChI is InChI=1S/C16H14ClNO2/c17-13-9-11(6-7-14(13)18)15(19)12-5-1-3-10-4-2-8-20-16(10)12/h1,3,5-7,9H,2,4,8,18H2. The van der Waals surface area contributed by atoms with Gasteiger partial charge < -0.3 is 10.5 Å². The maximum absolute atomic E-state index is 12.6. The van der Waals surface area contributed by atoms with Crippen molar-refractivity contribution in [2.24, 2.45) is 0 Å². The summed E-state index contributed by atoms with van der Waals surface area (Å²) in [5.74, 6) is 0.613. The number of carbonyl (C=O) groups is 1. The SMILES string of the molecule is Nc1ccc(C(=O)c2cccc3c2OCCC3)cc1Cl. The Labute approximate surface area is 122 Å². The molecule has 0 aromatic heterocycles. The summed E-state index contributed by atoms with van der Waals surface area (Å²) >= 11 is 5.98. The molecular formula is C16H14ClNO2. The van der Waals surface area contributed by atoms with Gasteiger partial charge in [-0.2, -0.15) is 0 Å². The zero-order valence-electron chi connectivity index (χ0n) is 10.9. The Bertz CT molecular complexity index is 682. The van der Waals surface area contributed by atoms with Crippen LogP contribution in [0.1, 0.15) is 27.9 Å². The fourth-order valence-corrected chi connectivity index (χ4v) is 2.57. The van der Waals surface area contributed by atoms with E-state index in [-0.39, 0.29) is 5.78 Å². The Morgan fingerprint density at radius 3 is 2.90 bits per heavy atom. The number of hydrogen-bond acceptors (Lipinski definition) is 3. The number of halogens is 1. The quantitative estimate of drug-likeness (QED) is 0.679. The van der Waals surface area contributed by atoms with E-state index in [2.05, 4.69) is 0 Å². The molecule has 3 nitrogen and oxygen atoms in total. The highest BCUT2D eigenvalue weighted by atomic mass is 35.5. The highest BCUT2D eigenvalue weighted by Crippen LogP contribution is 2.31. The van der Waals surface area contributed by atoms with Crippen molar-refractivity contribution < 1.29 is 9.53 Å². The van der Waals surface area contributed by atoms with Crippen molar-refractivity contribution in [2.45, 2.75) is 12.8 Å². The second-order valence-corrected chi connectivity index (χ2v) is 5.22. The van der Waals surface area contributed by atoms with Gasteiger partial charge in [0.2, 0.25) is 0 Å². The minimum absolute atomic E-state index is 0.0920. The van der Waals surface area contributed by atoms with Gasteiger partial charge in [-0.25, -0.2) is 0 Å². The Balaban J connectivity index is 2.04. The third-order valence-corrected chi connectivity index (χ3v) is 3.77. The van der Waals surface area contributed by atoms with Crippen LogP contribution in [0.5, 0.6) is 5.75 Å². The average Bonchev–Trinajstić information content (AvgIpc) is 2.49. The van der Waals surface area contributed by atoms with Crippen LogP contribution in [0, 0.1) is 0 Å². The van der Waals surface area contributed by atoms with Crippen molar-refractivity contribution >= 4 is 23.1 Å². The fraction of sp³-hybridized carbons (Fsp3) is 0.188. The number of ether oxygens (including phenoxy) is 1. The highest BCUT2D eigenvalue weighted by molar-refractivity contribution is 6.33. The van der Waals surface area contributed by atoms with E-state index < -0.39 is 0 Å². The topological polar surface area (TPSA) is 52.3 Å². The van der Waals surface area contributed by atoms with Crippen LogP contribution in [0.2, 0.25) is 5.02 Å². The summed E-state index contributed by atoms with van der Waals surface area (Å²) < 4.78 is 5.67. The Kier molecular flexibility index (Phi) is 3.36. The molecule has 1 aliphatic rings. The summed E-state index contributed by atoms with van der Waals surface area (Å²) in [6.07, 6.45) is 1.93. The lowest BCUT2D eigenvalue weighted by molar-refractivity contribution is 0.103. The number of nitrogen functional groups attached to an aromatic ring is 1. The van der Waals surface area contributed by atoms with Gasteiger partial charge in [0.05, 0.1) is 22.9 Å². The number of carbonyl (C=O) groups excluding carboxylic acids is 1. The number of ketones is 1. The molecule has 0 spiro atoms. The van der Waals surface area contributed by atoms with Gasteiger partial charge in [0.1, 0.15) is 5.75 Å². The zero-order chi connectivity index (χ0) is 14.1. The van der Waals surface area contributed by atoms with E-state index in [1.165, 1.54) is 0 Å². The molecule has 2 aromatic rings. The number of nitrogens with two attached hydrogens (primary N) is 1. The number of fused-ring (bicyclic) bond motifs is 1.